The normalized spacial score (nSPS) is 15.9. The molecule has 0 radical (unpaired) electrons. The molecule has 0 aromatic heterocycles. The number of halogens is 3. The quantitative estimate of drug-likeness (QED) is 0.849. The van der Waals surface area contributed by atoms with Gasteiger partial charge in [-0.25, -0.2) is 0 Å². The maximum Gasteiger partial charge on any atom is 0.417 e. The summed E-state index contributed by atoms with van der Waals surface area (Å²) < 4.78 is 37.2. The molecule has 1 aromatic carbocycles. The van der Waals surface area contributed by atoms with Gasteiger partial charge in [-0.3, -0.25) is 0 Å². The number of aliphatic hydroxyl groups is 1. The van der Waals surface area contributed by atoms with E-state index in [1.807, 2.05) is 6.92 Å². The lowest BCUT2D eigenvalue weighted by Crippen LogP contribution is -2.44. The van der Waals surface area contributed by atoms with E-state index in [0.29, 0.717) is 5.56 Å². The molecule has 4 heteroatoms. The summed E-state index contributed by atoms with van der Waals surface area (Å²) in [6.45, 7) is 2.77. The van der Waals surface area contributed by atoms with E-state index in [2.05, 4.69) is 0 Å². The van der Waals surface area contributed by atoms with Crippen LogP contribution >= 0.6 is 0 Å². The Bertz CT molecular complexity index is 338. The fourth-order valence-corrected chi connectivity index (χ4v) is 1.39. The van der Waals surface area contributed by atoms with Gasteiger partial charge in [-0.2, -0.15) is 13.2 Å². The average molecular weight is 232 g/mol. The number of aryl methyl sites for hydroxylation is 1. The first-order chi connectivity index (χ1) is 7.26. The predicted octanol–water partition coefficient (Wildman–Crippen LogP) is 3.10. The molecule has 0 bridgehead atoms. The van der Waals surface area contributed by atoms with Gasteiger partial charge in [-0.1, -0.05) is 31.2 Å². The molecule has 0 aliphatic carbocycles. The SMILES string of the molecule is CCc1ccc(CC(C)(O)C(F)(F)F)cc1. The van der Waals surface area contributed by atoms with Crippen LogP contribution in [0.3, 0.4) is 0 Å². The summed E-state index contributed by atoms with van der Waals surface area (Å²) in [5.41, 5.74) is -1.12. The van der Waals surface area contributed by atoms with Gasteiger partial charge in [0.25, 0.3) is 0 Å². The molecule has 0 amide bonds. The van der Waals surface area contributed by atoms with Crippen LogP contribution < -0.4 is 0 Å². The first kappa shape index (κ1) is 13.0. The molecule has 1 N–H and O–H groups in total. The highest BCUT2D eigenvalue weighted by Gasteiger charge is 2.49. The Kier molecular flexibility index (Phi) is 3.63. The molecule has 0 aliphatic heterocycles. The van der Waals surface area contributed by atoms with Gasteiger partial charge in [0, 0.05) is 6.42 Å². The zero-order chi connectivity index (χ0) is 12.4. The molecule has 0 saturated carbocycles. The lowest BCUT2D eigenvalue weighted by atomic mass is 9.95. The molecule has 1 atom stereocenters. The van der Waals surface area contributed by atoms with Crippen molar-refractivity contribution in [3.8, 4) is 0 Å². The lowest BCUT2D eigenvalue weighted by molar-refractivity contribution is -0.252. The van der Waals surface area contributed by atoms with Crippen LogP contribution in [0.5, 0.6) is 0 Å². The van der Waals surface area contributed by atoms with E-state index in [1.54, 1.807) is 24.3 Å². The van der Waals surface area contributed by atoms with Crippen molar-refractivity contribution >= 4 is 0 Å². The maximum absolute atomic E-state index is 12.4. The van der Waals surface area contributed by atoms with E-state index in [1.165, 1.54) is 0 Å². The number of hydrogen-bond acceptors (Lipinski definition) is 1. The zero-order valence-corrected chi connectivity index (χ0v) is 9.30. The monoisotopic (exact) mass is 232 g/mol. The van der Waals surface area contributed by atoms with Crippen LogP contribution in [0, 0.1) is 0 Å². The van der Waals surface area contributed by atoms with E-state index in [0.717, 1.165) is 18.9 Å². The topological polar surface area (TPSA) is 20.2 Å². The van der Waals surface area contributed by atoms with E-state index < -0.39 is 18.2 Å². The van der Waals surface area contributed by atoms with Crippen molar-refractivity contribution in [1.82, 2.24) is 0 Å². The minimum atomic E-state index is -4.60. The van der Waals surface area contributed by atoms with Gasteiger partial charge < -0.3 is 5.11 Å². The first-order valence-corrected chi connectivity index (χ1v) is 5.13. The molecule has 0 fully saturated rings. The van der Waals surface area contributed by atoms with Gasteiger partial charge in [0.05, 0.1) is 0 Å². The second-order valence-electron chi connectivity index (χ2n) is 4.12. The van der Waals surface area contributed by atoms with Crippen molar-refractivity contribution in [2.24, 2.45) is 0 Å². The highest BCUT2D eigenvalue weighted by Crippen LogP contribution is 2.32. The van der Waals surface area contributed by atoms with Gasteiger partial charge in [0.2, 0.25) is 0 Å². The molecule has 16 heavy (non-hydrogen) atoms. The molecule has 1 aromatic rings. The molecule has 0 heterocycles. The molecular weight excluding hydrogens is 217 g/mol. The van der Waals surface area contributed by atoms with Gasteiger partial charge >= 0.3 is 6.18 Å². The highest BCUT2D eigenvalue weighted by molar-refractivity contribution is 5.24. The average Bonchev–Trinajstić information content (AvgIpc) is 2.16. The van der Waals surface area contributed by atoms with Crippen molar-refractivity contribution in [3.63, 3.8) is 0 Å². The third-order valence-electron chi connectivity index (χ3n) is 2.59. The zero-order valence-electron chi connectivity index (χ0n) is 9.30. The Morgan fingerprint density at radius 2 is 1.50 bits per heavy atom. The molecule has 90 valence electrons. The van der Waals surface area contributed by atoms with E-state index >= 15 is 0 Å². The van der Waals surface area contributed by atoms with Crippen LogP contribution in [0.25, 0.3) is 0 Å². The summed E-state index contributed by atoms with van der Waals surface area (Å²) >= 11 is 0. The van der Waals surface area contributed by atoms with Crippen molar-refractivity contribution in [3.05, 3.63) is 35.4 Å². The van der Waals surface area contributed by atoms with Crippen LogP contribution in [0.1, 0.15) is 25.0 Å². The first-order valence-electron chi connectivity index (χ1n) is 5.13. The van der Waals surface area contributed by atoms with Crippen LogP contribution in [0.15, 0.2) is 24.3 Å². The second-order valence-corrected chi connectivity index (χ2v) is 4.12. The molecule has 1 unspecified atom stereocenters. The van der Waals surface area contributed by atoms with Crippen LogP contribution in [-0.4, -0.2) is 16.9 Å². The van der Waals surface area contributed by atoms with Gasteiger partial charge in [-0.15, -0.1) is 0 Å². The Morgan fingerprint density at radius 3 is 1.88 bits per heavy atom. The maximum atomic E-state index is 12.4. The van der Waals surface area contributed by atoms with E-state index in [4.69, 9.17) is 0 Å². The van der Waals surface area contributed by atoms with Crippen molar-refractivity contribution in [1.29, 1.82) is 0 Å². The number of rotatable bonds is 3. The fraction of sp³-hybridized carbons (Fsp3) is 0.500. The molecule has 0 saturated heterocycles. The minimum absolute atomic E-state index is 0.416. The van der Waals surface area contributed by atoms with Gasteiger partial charge in [0.15, 0.2) is 5.60 Å². The number of benzene rings is 1. The molecule has 0 spiro atoms. The summed E-state index contributed by atoms with van der Waals surface area (Å²) in [5, 5.41) is 9.31. The lowest BCUT2D eigenvalue weighted by Gasteiger charge is -2.26. The molecule has 1 nitrogen and oxygen atoms in total. The smallest absolute Gasteiger partial charge is 0.380 e. The molecule has 1 rings (SSSR count). The third-order valence-corrected chi connectivity index (χ3v) is 2.59. The van der Waals surface area contributed by atoms with Crippen molar-refractivity contribution < 1.29 is 18.3 Å². The fourth-order valence-electron chi connectivity index (χ4n) is 1.39. The van der Waals surface area contributed by atoms with Gasteiger partial charge in [0.1, 0.15) is 0 Å². The van der Waals surface area contributed by atoms with Crippen molar-refractivity contribution in [2.45, 2.75) is 38.5 Å². The summed E-state index contributed by atoms with van der Waals surface area (Å²) in [5.74, 6) is 0. The Hall–Kier alpha value is -1.03. The van der Waals surface area contributed by atoms with E-state index in [-0.39, 0.29) is 0 Å². The van der Waals surface area contributed by atoms with E-state index in [9.17, 15) is 18.3 Å². The third kappa shape index (κ3) is 2.98. The van der Waals surface area contributed by atoms with Crippen LogP contribution in [0.4, 0.5) is 13.2 Å². The summed E-state index contributed by atoms with van der Waals surface area (Å²) in [6.07, 6.45) is -4.17. The molecule has 0 aliphatic rings. The standard InChI is InChI=1S/C12H15F3O/c1-3-9-4-6-10(7-5-9)8-11(2,16)12(13,14)15/h4-7,16H,3,8H2,1-2H3. The summed E-state index contributed by atoms with van der Waals surface area (Å²) in [4.78, 5) is 0. The number of alkyl halides is 3. The van der Waals surface area contributed by atoms with Gasteiger partial charge in [-0.05, 0) is 24.5 Å². The minimum Gasteiger partial charge on any atom is -0.380 e. The Labute approximate surface area is 92.9 Å². The summed E-state index contributed by atoms with van der Waals surface area (Å²) in [7, 11) is 0. The summed E-state index contributed by atoms with van der Waals surface area (Å²) in [6, 6.07) is 6.81. The molecular formula is C12H15F3O. The predicted molar refractivity (Wildman–Crippen MR) is 56.2 cm³/mol. The van der Waals surface area contributed by atoms with Crippen molar-refractivity contribution in [2.75, 3.05) is 0 Å². The van der Waals surface area contributed by atoms with Crippen LogP contribution in [0.2, 0.25) is 0 Å². The Balaban J connectivity index is 2.80. The largest absolute Gasteiger partial charge is 0.417 e. The van der Waals surface area contributed by atoms with Crippen LogP contribution in [-0.2, 0) is 12.8 Å². The number of hydrogen-bond donors (Lipinski definition) is 1. The second kappa shape index (κ2) is 4.45. The highest BCUT2D eigenvalue weighted by atomic mass is 19.4. The Morgan fingerprint density at radius 1 is 1.06 bits per heavy atom.